The number of benzene rings is 1. The molecule has 1 rings (SSSR count). The Hall–Kier alpha value is -1.65. The monoisotopic (exact) mass is 498 g/mol. The summed E-state index contributed by atoms with van der Waals surface area (Å²) in [5.41, 5.74) is 1.47. The molecule has 1 aromatic rings. The number of rotatable bonds is 8. The number of halogens is 3. The van der Waals surface area contributed by atoms with Crippen LogP contribution in [0.5, 0.6) is 5.75 Å². The minimum absolute atomic E-state index is 0. The number of ether oxygens (including phenoxy) is 1. The largest absolute Gasteiger partial charge is 0.434 e. The van der Waals surface area contributed by atoms with E-state index in [1.165, 1.54) is 11.0 Å². The summed E-state index contributed by atoms with van der Waals surface area (Å²) in [4.78, 5) is 17.6. The smallest absolute Gasteiger partial charge is 0.387 e. The number of carbonyl (C=O) groups is 1. The normalized spacial score (nSPS) is 11.2. The van der Waals surface area contributed by atoms with E-state index in [2.05, 4.69) is 20.4 Å². The number of nitrogens with zero attached hydrogens (tertiary/aromatic N) is 2. The lowest BCUT2D eigenvalue weighted by Gasteiger charge is -2.16. The van der Waals surface area contributed by atoms with Gasteiger partial charge in [0, 0.05) is 26.2 Å². The van der Waals surface area contributed by atoms with E-state index in [0.717, 1.165) is 5.56 Å². The van der Waals surface area contributed by atoms with Gasteiger partial charge in [-0.05, 0) is 18.9 Å². The Labute approximate surface area is 176 Å². The van der Waals surface area contributed by atoms with Crippen molar-refractivity contribution in [3.8, 4) is 5.75 Å². The minimum Gasteiger partial charge on any atom is -0.434 e. The van der Waals surface area contributed by atoms with Gasteiger partial charge in [-0.2, -0.15) is 8.78 Å². The lowest BCUT2D eigenvalue weighted by Crippen LogP contribution is -2.44. The quantitative estimate of drug-likeness (QED) is 0.329. The Morgan fingerprint density at radius 2 is 1.93 bits per heavy atom. The van der Waals surface area contributed by atoms with Crippen molar-refractivity contribution < 1.29 is 18.3 Å². The number of likely N-dealkylation sites (N-methyl/N-ethyl adjacent to an activating group) is 1. The average molecular weight is 498 g/mol. The molecule has 0 heterocycles. The van der Waals surface area contributed by atoms with Crippen molar-refractivity contribution in [1.29, 1.82) is 0 Å². The Kier molecular flexibility index (Phi) is 11.9. The fourth-order valence-electron chi connectivity index (χ4n) is 2.00. The number of aryl methyl sites for hydroxylation is 1. The van der Waals surface area contributed by atoms with E-state index in [1.54, 1.807) is 26.2 Å². The molecular formula is C18H29F2IN4O2. The number of carbonyl (C=O) groups excluding carboxylic acids is 1. The first kappa shape index (κ1) is 25.4. The molecule has 0 fully saturated rings. The van der Waals surface area contributed by atoms with Gasteiger partial charge in [-0.15, -0.1) is 24.0 Å². The van der Waals surface area contributed by atoms with Crippen molar-refractivity contribution in [3.05, 3.63) is 29.3 Å². The number of hydrogen-bond donors (Lipinski definition) is 2. The number of aliphatic imine (C=N–C) groups is 1. The maximum atomic E-state index is 12.6. The Bertz CT molecular complexity index is 625. The SMILES string of the molecule is Cc1ccc(OC(F)F)c(CN=C(NCC(=O)N(C)C)NCC(C)C)c1.I. The van der Waals surface area contributed by atoms with E-state index >= 15 is 0 Å². The molecular weight excluding hydrogens is 469 g/mol. The van der Waals surface area contributed by atoms with Crippen LogP contribution in [0.25, 0.3) is 0 Å². The van der Waals surface area contributed by atoms with Crippen LogP contribution in [0.15, 0.2) is 23.2 Å². The molecule has 9 heteroatoms. The van der Waals surface area contributed by atoms with E-state index < -0.39 is 6.61 Å². The number of nitrogens with one attached hydrogen (secondary N) is 2. The van der Waals surface area contributed by atoms with Gasteiger partial charge in [0.15, 0.2) is 5.96 Å². The van der Waals surface area contributed by atoms with E-state index in [4.69, 9.17) is 0 Å². The zero-order chi connectivity index (χ0) is 19.7. The average Bonchev–Trinajstić information content (AvgIpc) is 2.55. The molecule has 0 aliphatic rings. The van der Waals surface area contributed by atoms with Gasteiger partial charge in [0.1, 0.15) is 5.75 Å². The number of hydrogen-bond acceptors (Lipinski definition) is 3. The molecule has 27 heavy (non-hydrogen) atoms. The molecule has 0 spiro atoms. The topological polar surface area (TPSA) is 66.0 Å². The zero-order valence-corrected chi connectivity index (χ0v) is 18.7. The maximum Gasteiger partial charge on any atom is 0.387 e. The highest BCUT2D eigenvalue weighted by molar-refractivity contribution is 14.0. The Balaban J connectivity index is 0.00000676. The Morgan fingerprint density at radius 1 is 1.26 bits per heavy atom. The highest BCUT2D eigenvalue weighted by Gasteiger charge is 2.11. The molecule has 0 atom stereocenters. The zero-order valence-electron chi connectivity index (χ0n) is 16.4. The van der Waals surface area contributed by atoms with Gasteiger partial charge >= 0.3 is 6.61 Å². The van der Waals surface area contributed by atoms with Crippen molar-refractivity contribution in [3.63, 3.8) is 0 Å². The van der Waals surface area contributed by atoms with Crippen LogP contribution in [0.3, 0.4) is 0 Å². The van der Waals surface area contributed by atoms with Crippen molar-refractivity contribution in [2.45, 2.75) is 33.9 Å². The van der Waals surface area contributed by atoms with Crippen LogP contribution < -0.4 is 15.4 Å². The second-order valence-electron chi connectivity index (χ2n) is 6.57. The fourth-order valence-corrected chi connectivity index (χ4v) is 2.00. The summed E-state index contributed by atoms with van der Waals surface area (Å²) < 4.78 is 29.7. The van der Waals surface area contributed by atoms with Crippen LogP contribution in [0, 0.1) is 12.8 Å². The van der Waals surface area contributed by atoms with Crippen LogP contribution in [0.2, 0.25) is 0 Å². The molecule has 0 saturated heterocycles. The van der Waals surface area contributed by atoms with Crippen LogP contribution in [-0.2, 0) is 11.3 Å². The van der Waals surface area contributed by atoms with E-state index in [-0.39, 0.29) is 48.7 Å². The molecule has 6 nitrogen and oxygen atoms in total. The molecule has 0 saturated carbocycles. The second kappa shape index (κ2) is 12.7. The van der Waals surface area contributed by atoms with Crippen molar-refractivity contribution in [2.24, 2.45) is 10.9 Å². The lowest BCUT2D eigenvalue weighted by molar-refractivity contribution is -0.127. The standard InChI is InChI=1S/C18H28F2N4O2.HI/c1-12(2)9-21-18(23-11-16(25)24(4)5)22-10-14-8-13(3)6-7-15(14)26-17(19)20;/h6-8,12,17H,9-11H2,1-5H3,(H2,21,22,23);1H. The maximum absolute atomic E-state index is 12.6. The highest BCUT2D eigenvalue weighted by Crippen LogP contribution is 2.22. The van der Waals surface area contributed by atoms with Gasteiger partial charge in [-0.25, -0.2) is 4.99 Å². The van der Waals surface area contributed by atoms with Crippen LogP contribution >= 0.6 is 24.0 Å². The molecule has 1 amide bonds. The number of guanidine groups is 1. The fraction of sp³-hybridized carbons (Fsp3) is 0.556. The first-order valence-corrected chi connectivity index (χ1v) is 8.45. The van der Waals surface area contributed by atoms with Gasteiger partial charge in [0.25, 0.3) is 0 Å². The van der Waals surface area contributed by atoms with Crippen molar-refractivity contribution in [2.75, 3.05) is 27.2 Å². The molecule has 2 N–H and O–H groups in total. The minimum atomic E-state index is -2.89. The van der Waals surface area contributed by atoms with Gasteiger partial charge in [0.05, 0.1) is 13.1 Å². The summed E-state index contributed by atoms with van der Waals surface area (Å²) >= 11 is 0. The first-order chi connectivity index (χ1) is 12.2. The van der Waals surface area contributed by atoms with E-state index in [9.17, 15) is 13.6 Å². The molecule has 1 aromatic carbocycles. The third-order valence-electron chi connectivity index (χ3n) is 3.42. The van der Waals surface area contributed by atoms with Gasteiger partial charge in [0.2, 0.25) is 5.91 Å². The first-order valence-electron chi connectivity index (χ1n) is 8.45. The molecule has 0 unspecified atom stereocenters. The molecule has 0 aliphatic heterocycles. The molecule has 0 aromatic heterocycles. The highest BCUT2D eigenvalue weighted by atomic mass is 127. The van der Waals surface area contributed by atoms with Crippen LogP contribution in [0.1, 0.15) is 25.0 Å². The van der Waals surface area contributed by atoms with Gasteiger partial charge < -0.3 is 20.3 Å². The Morgan fingerprint density at radius 3 is 2.48 bits per heavy atom. The summed E-state index contributed by atoms with van der Waals surface area (Å²) in [7, 11) is 3.34. The molecule has 0 bridgehead atoms. The third-order valence-corrected chi connectivity index (χ3v) is 3.42. The number of amides is 1. The lowest BCUT2D eigenvalue weighted by atomic mass is 10.1. The molecule has 0 radical (unpaired) electrons. The van der Waals surface area contributed by atoms with Crippen LogP contribution in [0.4, 0.5) is 8.78 Å². The summed E-state index contributed by atoms with van der Waals surface area (Å²) in [6, 6.07) is 4.97. The third kappa shape index (κ3) is 10.3. The van der Waals surface area contributed by atoms with Crippen molar-refractivity contribution >= 4 is 35.8 Å². The summed E-state index contributed by atoms with van der Waals surface area (Å²) in [5, 5.41) is 6.10. The second-order valence-corrected chi connectivity index (χ2v) is 6.57. The predicted molar refractivity (Wildman–Crippen MR) is 114 cm³/mol. The van der Waals surface area contributed by atoms with E-state index in [0.29, 0.717) is 24.0 Å². The van der Waals surface area contributed by atoms with Gasteiger partial charge in [-0.3, -0.25) is 4.79 Å². The summed E-state index contributed by atoms with van der Waals surface area (Å²) in [6.45, 7) is 3.96. The molecule has 154 valence electrons. The summed E-state index contributed by atoms with van der Waals surface area (Å²) in [5.74, 6) is 0.824. The predicted octanol–water partition coefficient (Wildman–Crippen LogP) is 2.99. The summed E-state index contributed by atoms with van der Waals surface area (Å²) in [6.07, 6.45) is 0. The van der Waals surface area contributed by atoms with Gasteiger partial charge in [-0.1, -0.05) is 31.5 Å². The van der Waals surface area contributed by atoms with E-state index in [1.807, 2.05) is 20.8 Å². The van der Waals surface area contributed by atoms with Crippen LogP contribution in [-0.4, -0.2) is 50.6 Å². The number of alkyl halides is 2. The molecule has 0 aliphatic carbocycles. The van der Waals surface area contributed by atoms with Crippen molar-refractivity contribution in [1.82, 2.24) is 15.5 Å².